The van der Waals surface area contributed by atoms with Crippen LogP contribution in [0.5, 0.6) is 5.75 Å². The normalized spacial score (nSPS) is 10.2. The zero-order chi connectivity index (χ0) is 13.5. The predicted molar refractivity (Wildman–Crippen MR) is 74.4 cm³/mol. The van der Waals surface area contributed by atoms with Crippen LogP contribution in [0.1, 0.15) is 17.5 Å². The maximum atomic E-state index is 11.6. The van der Waals surface area contributed by atoms with Crippen LogP contribution in [-0.4, -0.2) is 37.4 Å². The summed E-state index contributed by atoms with van der Waals surface area (Å²) in [6.45, 7) is 2.73. The molecule has 1 aromatic carbocycles. The Hall–Kier alpha value is -1.22. The van der Waals surface area contributed by atoms with Crippen LogP contribution in [0.15, 0.2) is 18.2 Å². The summed E-state index contributed by atoms with van der Waals surface area (Å²) in [4.78, 5) is 13.3. The summed E-state index contributed by atoms with van der Waals surface area (Å²) >= 11 is 5.55. The molecular formula is C14H20ClNO2. The van der Waals surface area contributed by atoms with Gasteiger partial charge in [0.2, 0.25) is 5.91 Å². The first-order valence-electron chi connectivity index (χ1n) is 6.02. The van der Waals surface area contributed by atoms with Gasteiger partial charge in [0.15, 0.2) is 0 Å². The molecule has 0 N–H and O–H groups in total. The first-order valence-corrected chi connectivity index (χ1v) is 6.55. The Morgan fingerprint density at radius 3 is 2.72 bits per heavy atom. The van der Waals surface area contributed by atoms with Crippen molar-refractivity contribution in [2.45, 2.75) is 19.8 Å². The van der Waals surface area contributed by atoms with Crippen molar-refractivity contribution in [1.29, 1.82) is 0 Å². The number of rotatable bonds is 6. The zero-order valence-corrected chi connectivity index (χ0v) is 12.0. The van der Waals surface area contributed by atoms with Crippen LogP contribution in [0.25, 0.3) is 0 Å². The van der Waals surface area contributed by atoms with Gasteiger partial charge in [-0.2, -0.15) is 0 Å². The molecule has 0 aromatic heterocycles. The van der Waals surface area contributed by atoms with Crippen molar-refractivity contribution in [1.82, 2.24) is 4.90 Å². The van der Waals surface area contributed by atoms with E-state index in [1.807, 2.05) is 26.1 Å². The van der Waals surface area contributed by atoms with E-state index in [1.54, 1.807) is 12.0 Å². The van der Waals surface area contributed by atoms with Gasteiger partial charge in [0.1, 0.15) is 5.75 Å². The molecule has 0 fully saturated rings. The number of ether oxygens (including phenoxy) is 1. The number of carbonyl (C=O) groups is 1. The zero-order valence-electron chi connectivity index (χ0n) is 11.2. The number of halogens is 1. The second-order valence-corrected chi connectivity index (χ2v) is 4.69. The monoisotopic (exact) mass is 269 g/mol. The minimum Gasteiger partial charge on any atom is -0.496 e. The van der Waals surface area contributed by atoms with Crippen molar-refractivity contribution >= 4 is 17.5 Å². The first kappa shape index (κ1) is 14.8. The van der Waals surface area contributed by atoms with E-state index in [9.17, 15) is 4.79 Å². The summed E-state index contributed by atoms with van der Waals surface area (Å²) in [7, 11) is 3.48. The van der Waals surface area contributed by atoms with Gasteiger partial charge in [0.25, 0.3) is 0 Å². The SMILES string of the molecule is COc1ccc(CCN(C)C(=O)CCCl)cc1C. The summed E-state index contributed by atoms with van der Waals surface area (Å²) < 4.78 is 5.22. The average Bonchev–Trinajstić information content (AvgIpc) is 2.36. The van der Waals surface area contributed by atoms with Crippen LogP contribution in [0.3, 0.4) is 0 Å². The lowest BCUT2D eigenvalue weighted by molar-refractivity contribution is -0.129. The van der Waals surface area contributed by atoms with Gasteiger partial charge >= 0.3 is 0 Å². The molecule has 0 atom stereocenters. The minimum atomic E-state index is 0.0928. The lowest BCUT2D eigenvalue weighted by atomic mass is 10.1. The lowest BCUT2D eigenvalue weighted by Crippen LogP contribution is -2.28. The Bertz CT molecular complexity index is 407. The van der Waals surface area contributed by atoms with Gasteiger partial charge in [-0.25, -0.2) is 0 Å². The molecule has 0 heterocycles. The van der Waals surface area contributed by atoms with Crippen molar-refractivity contribution in [2.75, 3.05) is 26.6 Å². The number of likely N-dealkylation sites (N-methyl/N-ethyl adjacent to an activating group) is 1. The van der Waals surface area contributed by atoms with Gasteiger partial charge in [-0.1, -0.05) is 12.1 Å². The molecule has 0 radical (unpaired) electrons. The van der Waals surface area contributed by atoms with Gasteiger partial charge in [-0.05, 0) is 30.5 Å². The fraction of sp³-hybridized carbons (Fsp3) is 0.500. The van der Waals surface area contributed by atoms with Crippen LogP contribution < -0.4 is 4.74 Å². The smallest absolute Gasteiger partial charge is 0.223 e. The molecule has 0 aliphatic carbocycles. The third-order valence-corrected chi connectivity index (χ3v) is 3.12. The highest BCUT2D eigenvalue weighted by Crippen LogP contribution is 2.18. The van der Waals surface area contributed by atoms with Crippen molar-refractivity contribution < 1.29 is 9.53 Å². The standard InChI is InChI=1S/C14H20ClNO2/c1-11-10-12(4-5-13(11)18-3)7-9-16(2)14(17)6-8-15/h4-5,10H,6-9H2,1-3H3. The highest BCUT2D eigenvalue weighted by atomic mass is 35.5. The molecule has 0 saturated heterocycles. The second kappa shape index (κ2) is 7.27. The van der Waals surface area contributed by atoms with E-state index < -0.39 is 0 Å². The molecule has 3 nitrogen and oxygen atoms in total. The second-order valence-electron chi connectivity index (χ2n) is 4.31. The van der Waals surface area contributed by atoms with Crippen molar-refractivity contribution in [3.8, 4) is 5.75 Å². The van der Waals surface area contributed by atoms with Gasteiger partial charge in [0.05, 0.1) is 7.11 Å². The van der Waals surface area contributed by atoms with Gasteiger partial charge < -0.3 is 9.64 Å². The molecule has 1 rings (SSSR count). The van der Waals surface area contributed by atoms with Crippen LogP contribution in [0.2, 0.25) is 0 Å². The maximum absolute atomic E-state index is 11.6. The van der Waals surface area contributed by atoms with E-state index in [4.69, 9.17) is 16.3 Å². The largest absolute Gasteiger partial charge is 0.496 e. The Morgan fingerprint density at radius 2 is 2.17 bits per heavy atom. The number of aryl methyl sites for hydroxylation is 1. The highest BCUT2D eigenvalue weighted by Gasteiger charge is 2.08. The number of hydrogen-bond acceptors (Lipinski definition) is 2. The molecule has 0 aliphatic heterocycles. The molecule has 0 unspecified atom stereocenters. The molecule has 1 aromatic rings. The first-order chi connectivity index (χ1) is 8.58. The molecule has 0 spiro atoms. The third-order valence-electron chi connectivity index (χ3n) is 2.93. The predicted octanol–water partition coefficient (Wildman–Crippen LogP) is 2.63. The number of hydrogen-bond donors (Lipinski definition) is 0. The van der Waals surface area contributed by atoms with Crippen LogP contribution >= 0.6 is 11.6 Å². The van der Waals surface area contributed by atoms with Crippen molar-refractivity contribution in [2.24, 2.45) is 0 Å². The average molecular weight is 270 g/mol. The van der Waals surface area contributed by atoms with Gasteiger partial charge in [0, 0.05) is 25.9 Å². The van der Waals surface area contributed by atoms with Crippen LogP contribution in [-0.2, 0) is 11.2 Å². The van der Waals surface area contributed by atoms with Gasteiger partial charge in [-0.3, -0.25) is 4.79 Å². The van der Waals surface area contributed by atoms with Crippen molar-refractivity contribution in [3.63, 3.8) is 0 Å². The number of nitrogens with zero attached hydrogens (tertiary/aromatic N) is 1. The molecule has 1 amide bonds. The highest BCUT2D eigenvalue weighted by molar-refractivity contribution is 6.18. The quantitative estimate of drug-likeness (QED) is 0.743. The Balaban J connectivity index is 2.53. The molecule has 18 heavy (non-hydrogen) atoms. The van der Waals surface area contributed by atoms with E-state index in [1.165, 1.54) is 5.56 Å². The topological polar surface area (TPSA) is 29.5 Å². The van der Waals surface area contributed by atoms with E-state index in [2.05, 4.69) is 6.07 Å². The minimum absolute atomic E-state index is 0.0928. The van der Waals surface area contributed by atoms with E-state index in [-0.39, 0.29) is 5.91 Å². The number of benzene rings is 1. The number of alkyl halides is 1. The summed E-state index contributed by atoms with van der Waals surface area (Å²) in [6.07, 6.45) is 1.25. The van der Waals surface area contributed by atoms with Crippen LogP contribution in [0, 0.1) is 6.92 Å². The summed E-state index contributed by atoms with van der Waals surface area (Å²) in [5.41, 5.74) is 2.32. The van der Waals surface area contributed by atoms with Crippen LogP contribution in [0.4, 0.5) is 0 Å². The summed E-state index contributed by atoms with van der Waals surface area (Å²) in [5, 5.41) is 0. The molecular weight excluding hydrogens is 250 g/mol. The summed E-state index contributed by atoms with van der Waals surface area (Å²) in [6, 6.07) is 6.09. The Labute approximate surface area is 114 Å². The third kappa shape index (κ3) is 4.22. The molecule has 0 bridgehead atoms. The number of methoxy groups -OCH3 is 1. The molecule has 0 saturated carbocycles. The Kier molecular flexibility index (Phi) is 5.99. The Morgan fingerprint density at radius 1 is 1.44 bits per heavy atom. The van der Waals surface area contributed by atoms with Gasteiger partial charge in [-0.15, -0.1) is 11.6 Å². The molecule has 0 aliphatic rings. The lowest BCUT2D eigenvalue weighted by Gasteiger charge is -2.17. The van der Waals surface area contributed by atoms with E-state index >= 15 is 0 Å². The number of carbonyl (C=O) groups excluding carboxylic acids is 1. The number of amides is 1. The fourth-order valence-corrected chi connectivity index (χ4v) is 1.95. The van der Waals surface area contributed by atoms with Crippen molar-refractivity contribution in [3.05, 3.63) is 29.3 Å². The molecule has 100 valence electrons. The molecule has 4 heteroatoms. The maximum Gasteiger partial charge on any atom is 0.223 e. The van der Waals surface area contributed by atoms with E-state index in [0.717, 1.165) is 17.7 Å². The fourth-order valence-electron chi connectivity index (χ4n) is 1.79. The van der Waals surface area contributed by atoms with E-state index in [0.29, 0.717) is 18.8 Å². The summed E-state index contributed by atoms with van der Waals surface area (Å²) in [5.74, 6) is 1.37.